The van der Waals surface area contributed by atoms with E-state index in [0.29, 0.717) is 0 Å². The Bertz CT molecular complexity index is 347. The number of hydrogen-bond donors (Lipinski definition) is 0. The Morgan fingerprint density at radius 3 is 3.00 bits per heavy atom. The first kappa shape index (κ1) is 7.36. The molecule has 1 aliphatic rings. The largest absolute Gasteiger partial charge is 0.198 e. The first-order valence-corrected chi connectivity index (χ1v) is 4.36. The average Bonchev–Trinajstić information content (AvgIpc) is 2.07. The number of nitriles is 1. The lowest BCUT2D eigenvalue weighted by atomic mass is 9.77. The molecule has 1 unspecified atom stereocenters. The van der Waals surface area contributed by atoms with Gasteiger partial charge in [0.2, 0.25) is 0 Å². The van der Waals surface area contributed by atoms with Crippen molar-refractivity contribution in [2.24, 2.45) is 0 Å². The van der Waals surface area contributed by atoms with E-state index in [4.69, 9.17) is 5.26 Å². The van der Waals surface area contributed by atoms with Crippen molar-refractivity contribution in [2.45, 2.75) is 25.7 Å². The van der Waals surface area contributed by atoms with E-state index >= 15 is 0 Å². The maximum Gasteiger partial charge on any atom is 0.0755 e. The summed E-state index contributed by atoms with van der Waals surface area (Å²) >= 11 is 0. The maximum absolute atomic E-state index is 8.71. The topological polar surface area (TPSA) is 23.8 Å². The van der Waals surface area contributed by atoms with Gasteiger partial charge in [-0.1, -0.05) is 25.1 Å². The highest BCUT2D eigenvalue weighted by Gasteiger charge is 2.25. The molecule has 0 saturated heterocycles. The summed E-state index contributed by atoms with van der Waals surface area (Å²) < 4.78 is 0. The SMILES string of the molecule is CCc1ccc2c(c1)CC2C#N. The van der Waals surface area contributed by atoms with Crippen molar-refractivity contribution in [2.75, 3.05) is 0 Å². The van der Waals surface area contributed by atoms with Crippen LogP contribution in [0.5, 0.6) is 0 Å². The Labute approximate surface area is 72.6 Å². The second kappa shape index (κ2) is 2.64. The van der Waals surface area contributed by atoms with E-state index in [2.05, 4.69) is 31.2 Å². The van der Waals surface area contributed by atoms with Gasteiger partial charge in [-0.15, -0.1) is 0 Å². The lowest BCUT2D eigenvalue weighted by Gasteiger charge is -2.24. The maximum atomic E-state index is 8.71. The first-order valence-electron chi connectivity index (χ1n) is 4.36. The molecule has 0 heterocycles. The van der Waals surface area contributed by atoms with Gasteiger partial charge in [-0.25, -0.2) is 0 Å². The van der Waals surface area contributed by atoms with Crippen molar-refractivity contribution in [1.82, 2.24) is 0 Å². The second-order valence-corrected chi connectivity index (χ2v) is 3.27. The summed E-state index contributed by atoms with van der Waals surface area (Å²) in [6.07, 6.45) is 2.05. The molecular formula is C11H11N. The molecule has 60 valence electrons. The molecule has 2 rings (SSSR count). The van der Waals surface area contributed by atoms with E-state index in [1.54, 1.807) is 0 Å². The number of hydrogen-bond acceptors (Lipinski definition) is 1. The van der Waals surface area contributed by atoms with Gasteiger partial charge in [-0.3, -0.25) is 0 Å². The Balaban J connectivity index is 2.36. The van der Waals surface area contributed by atoms with Crippen LogP contribution in [0.4, 0.5) is 0 Å². The van der Waals surface area contributed by atoms with Crippen molar-refractivity contribution in [3.8, 4) is 6.07 Å². The molecule has 1 aromatic rings. The van der Waals surface area contributed by atoms with E-state index in [9.17, 15) is 0 Å². The normalized spacial score (nSPS) is 19.2. The van der Waals surface area contributed by atoms with Crippen LogP contribution in [0, 0.1) is 11.3 Å². The Morgan fingerprint density at radius 2 is 2.42 bits per heavy atom. The number of benzene rings is 1. The van der Waals surface area contributed by atoms with Gasteiger partial charge in [0.15, 0.2) is 0 Å². The monoisotopic (exact) mass is 157 g/mol. The van der Waals surface area contributed by atoms with Crippen molar-refractivity contribution < 1.29 is 0 Å². The fourth-order valence-electron chi connectivity index (χ4n) is 1.71. The van der Waals surface area contributed by atoms with Crippen molar-refractivity contribution in [3.05, 3.63) is 34.9 Å². The molecule has 0 amide bonds. The van der Waals surface area contributed by atoms with Crippen LogP contribution in [0.3, 0.4) is 0 Å². The van der Waals surface area contributed by atoms with Crippen LogP contribution in [0.25, 0.3) is 0 Å². The van der Waals surface area contributed by atoms with Crippen LogP contribution in [-0.2, 0) is 12.8 Å². The summed E-state index contributed by atoms with van der Waals surface area (Å²) in [6, 6.07) is 8.75. The highest BCUT2D eigenvalue weighted by molar-refractivity contribution is 5.45. The fourth-order valence-corrected chi connectivity index (χ4v) is 1.71. The summed E-state index contributed by atoms with van der Waals surface area (Å²) in [7, 11) is 0. The van der Waals surface area contributed by atoms with Crippen LogP contribution >= 0.6 is 0 Å². The van der Waals surface area contributed by atoms with Crippen LogP contribution < -0.4 is 0 Å². The molecule has 1 nitrogen and oxygen atoms in total. The molecule has 0 N–H and O–H groups in total. The minimum absolute atomic E-state index is 0.172. The zero-order valence-electron chi connectivity index (χ0n) is 7.17. The molecule has 0 saturated carbocycles. The Kier molecular flexibility index (Phi) is 1.62. The summed E-state index contributed by atoms with van der Waals surface area (Å²) in [5, 5.41) is 8.71. The minimum Gasteiger partial charge on any atom is -0.198 e. The molecule has 0 radical (unpaired) electrons. The number of rotatable bonds is 1. The van der Waals surface area contributed by atoms with Crippen molar-refractivity contribution >= 4 is 0 Å². The van der Waals surface area contributed by atoms with E-state index < -0.39 is 0 Å². The summed E-state index contributed by atoms with van der Waals surface area (Å²) in [5.74, 6) is 0.172. The molecule has 1 heteroatoms. The molecule has 0 aromatic heterocycles. The van der Waals surface area contributed by atoms with Crippen molar-refractivity contribution in [1.29, 1.82) is 5.26 Å². The molecule has 0 spiro atoms. The van der Waals surface area contributed by atoms with Crippen LogP contribution in [0.15, 0.2) is 18.2 Å². The second-order valence-electron chi connectivity index (χ2n) is 3.27. The van der Waals surface area contributed by atoms with Gasteiger partial charge in [-0.05, 0) is 29.5 Å². The summed E-state index contributed by atoms with van der Waals surface area (Å²) in [6.45, 7) is 2.15. The molecule has 12 heavy (non-hydrogen) atoms. The molecule has 0 aliphatic heterocycles. The Morgan fingerprint density at radius 1 is 1.58 bits per heavy atom. The first-order chi connectivity index (χ1) is 5.85. The smallest absolute Gasteiger partial charge is 0.0755 e. The van der Waals surface area contributed by atoms with Gasteiger partial charge in [0, 0.05) is 0 Å². The highest BCUT2D eigenvalue weighted by atomic mass is 14.3. The highest BCUT2D eigenvalue weighted by Crippen LogP contribution is 2.34. The van der Waals surface area contributed by atoms with Gasteiger partial charge in [0.1, 0.15) is 0 Å². The molecule has 1 atom stereocenters. The number of fused-ring (bicyclic) bond motifs is 1. The lowest BCUT2D eigenvalue weighted by Crippen LogP contribution is -2.15. The Hall–Kier alpha value is -1.29. The van der Waals surface area contributed by atoms with E-state index in [-0.39, 0.29) is 5.92 Å². The van der Waals surface area contributed by atoms with Crippen LogP contribution in [-0.4, -0.2) is 0 Å². The molecule has 0 bridgehead atoms. The zero-order valence-corrected chi connectivity index (χ0v) is 7.17. The predicted octanol–water partition coefficient (Wildman–Crippen LogP) is 2.41. The van der Waals surface area contributed by atoms with E-state index in [0.717, 1.165) is 12.8 Å². The van der Waals surface area contributed by atoms with E-state index in [1.165, 1.54) is 16.7 Å². The molecule has 0 fully saturated rings. The quantitative estimate of drug-likeness (QED) is 0.614. The fraction of sp³-hybridized carbons (Fsp3) is 0.364. The van der Waals surface area contributed by atoms with Crippen LogP contribution in [0.1, 0.15) is 29.5 Å². The predicted molar refractivity (Wildman–Crippen MR) is 47.9 cm³/mol. The molecular weight excluding hydrogens is 146 g/mol. The summed E-state index contributed by atoms with van der Waals surface area (Å²) in [4.78, 5) is 0. The number of aryl methyl sites for hydroxylation is 1. The van der Waals surface area contributed by atoms with Crippen LogP contribution in [0.2, 0.25) is 0 Å². The number of nitrogens with zero attached hydrogens (tertiary/aromatic N) is 1. The van der Waals surface area contributed by atoms with Gasteiger partial charge in [0.25, 0.3) is 0 Å². The standard InChI is InChI=1S/C11H11N/c1-2-8-3-4-11-9(5-8)6-10(11)7-12/h3-5,10H,2,6H2,1H3. The third-order valence-electron chi connectivity index (χ3n) is 2.57. The van der Waals surface area contributed by atoms with Gasteiger partial charge >= 0.3 is 0 Å². The zero-order chi connectivity index (χ0) is 8.55. The minimum atomic E-state index is 0.172. The molecule has 1 aromatic carbocycles. The van der Waals surface area contributed by atoms with E-state index in [1.807, 2.05) is 0 Å². The third kappa shape index (κ3) is 0.921. The molecule has 1 aliphatic carbocycles. The lowest BCUT2D eigenvalue weighted by molar-refractivity contribution is 0.741. The van der Waals surface area contributed by atoms with Gasteiger partial charge in [-0.2, -0.15) is 5.26 Å². The van der Waals surface area contributed by atoms with Gasteiger partial charge < -0.3 is 0 Å². The summed E-state index contributed by atoms with van der Waals surface area (Å²) in [5.41, 5.74) is 4.00. The van der Waals surface area contributed by atoms with Crippen molar-refractivity contribution in [3.63, 3.8) is 0 Å². The third-order valence-corrected chi connectivity index (χ3v) is 2.57. The average molecular weight is 157 g/mol. The van der Waals surface area contributed by atoms with Gasteiger partial charge in [0.05, 0.1) is 12.0 Å².